The summed E-state index contributed by atoms with van der Waals surface area (Å²) in [5.74, 6) is -0.248. The number of unbranched alkanes of at least 4 members (excludes halogenated alkanes) is 27. The molecule has 3 heterocycles. The summed E-state index contributed by atoms with van der Waals surface area (Å²) >= 11 is 0. The Morgan fingerprint density at radius 3 is 1.36 bits per heavy atom. The van der Waals surface area contributed by atoms with Gasteiger partial charge in [0.05, 0.1) is 16.5 Å². The first-order chi connectivity index (χ1) is 33.7. The highest BCUT2D eigenvalue weighted by atomic mass is 16.2. The summed E-state index contributed by atoms with van der Waals surface area (Å²) in [6.45, 7) is 14.7. The number of allylic oxidation sites excluding steroid dienone is 4. The van der Waals surface area contributed by atoms with Gasteiger partial charge in [0.15, 0.2) is 5.71 Å². The lowest BCUT2D eigenvalue weighted by Crippen LogP contribution is -2.30. The minimum atomic E-state index is -0.124. The molecule has 6 rings (SSSR count). The van der Waals surface area contributed by atoms with Crippen molar-refractivity contribution >= 4 is 28.9 Å². The molecule has 0 bridgehead atoms. The lowest BCUT2D eigenvalue weighted by molar-refractivity contribution is -0.438. The van der Waals surface area contributed by atoms with E-state index in [2.05, 4.69) is 111 Å². The molecule has 5 nitrogen and oxygen atoms in total. The molecule has 0 fully saturated rings. The van der Waals surface area contributed by atoms with Crippen molar-refractivity contribution in [3.05, 3.63) is 119 Å². The van der Waals surface area contributed by atoms with Gasteiger partial charge in [-0.2, -0.15) is 4.58 Å². The van der Waals surface area contributed by atoms with Crippen LogP contribution in [0.5, 0.6) is 0 Å². The van der Waals surface area contributed by atoms with Crippen LogP contribution >= 0.6 is 0 Å². The molecule has 0 saturated carbocycles. The molecule has 2 amide bonds. The molecule has 0 unspecified atom stereocenters. The topological polar surface area (TPSA) is 43.6 Å². The van der Waals surface area contributed by atoms with Crippen LogP contribution in [0.15, 0.2) is 96.7 Å². The molecule has 0 radical (unpaired) electrons. The van der Waals surface area contributed by atoms with Crippen molar-refractivity contribution < 1.29 is 14.2 Å². The van der Waals surface area contributed by atoms with E-state index in [-0.39, 0.29) is 22.6 Å². The van der Waals surface area contributed by atoms with Crippen molar-refractivity contribution in [2.24, 2.45) is 0 Å². The van der Waals surface area contributed by atoms with E-state index < -0.39 is 0 Å². The zero-order chi connectivity index (χ0) is 48.7. The number of imide groups is 1. The number of benzene rings is 3. The van der Waals surface area contributed by atoms with E-state index in [4.69, 9.17) is 0 Å². The number of nitrogens with zero attached hydrogens (tertiary/aromatic N) is 3. The largest absolute Gasteiger partial charge is 0.344 e. The molecule has 3 aliphatic rings. The number of fused-ring (bicyclic) bond motifs is 3. The van der Waals surface area contributed by atoms with Gasteiger partial charge in [-0.3, -0.25) is 14.5 Å². The number of carbonyl (C=O) groups is 2. The van der Waals surface area contributed by atoms with Crippen LogP contribution in [0.1, 0.15) is 253 Å². The molecule has 3 aromatic carbocycles. The average Bonchev–Trinajstić information content (AvgIpc) is 3.82. The SMILES string of the molecule is CCCCCCCCCCCCCCCCN1/C(=C\C=C\C2=[N+](CCCCCCCCCCCCCCCCCN3C(=O)c4ccccc4C3=O)c3ccccc3C2(C)C)C(C)(C)c2ccccc21. The van der Waals surface area contributed by atoms with Gasteiger partial charge in [0.1, 0.15) is 6.54 Å². The fourth-order valence-corrected chi connectivity index (χ4v) is 11.7. The lowest BCUT2D eigenvalue weighted by atomic mass is 9.81. The maximum Gasteiger partial charge on any atom is 0.261 e. The molecule has 0 saturated heterocycles. The first-order valence-electron chi connectivity index (χ1n) is 28.6. The van der Waals surface area contributed by atoms with Gasteiger partial charge >= 0.3 is 0 Å². The Kier molecular flexibility index (Phi) is 22.4. The third-order valence-corrected chi connectivity index (χ3v) is 16.0. The van der Waals surface area contributed by atoms with Crippen LogP contribution in [0.25, 0.3) is 0 Å². The number of amides is 2. The first-order valence-corrected chi connectivity index (χ1v) is 28.6. The van der Waals surface area contributed by atoms with Crippen molar-refractivity contribution in [1.29, 1.82) is 0 Å². The maximum atomic E-state index is 12.6. The highest BCUT2D eigenvalue weighted by molar-refractivity contribution is 6.21. The minimum Gasteiger partial charge on any atom is -0.344 e. The second kappa shape index (κ2) is 28.6. The Bertz CT molecular complexity index is 2100. The van der Waals surface area contributed by atoms with Crippen molar-refractivity contribution in [2.75, 3.05) is 24.5 Å². The van der Waals surface area contributed by atoms with E-state index in [1.807, 2.05) is 12.1 Å². The minimum absolute atomic E-state index is 0.0328. The summed E-state index contributed by atoms with van der Waals surface area (Å²) in [7, 11) is 0. The van der Waals surface area contributed by atoms with Gasteiger partial charge < -0.3 is 4.90 Å². The van der Waals surface area contributed by atoms with Crippen molar-refractivity contribution in [2.45, 2.75) is 232 Å². The third kappa shape index (κ3) is 15.1. The zero-order valence-corrected chi connectivity index (χ0v) is 44.4. The number of rotatable bonds is 35. The van der Waals surface area contributed by atoms with E-state index in [1.54, 1.807) is 12.1 Å². The average molecular weight is 937 g/mol. The van der Waals surface area contributed by atoms with Crippen LogP contribution in [0.3, 0.4) is 0 Å². The molecule has 0 spiro atoms. The molecule has 5 heteroatoms. The van der Waals surface area contributed by atoms with Gasteiger partial charge in [-0.15, -0.1) is 0 Å². The molecular formula is C64H94N3O2+. The predicted molar refractivity (Wildman–Crippen MR) is 295 cm³/mol. The van der Waals surface area contributed by atoms with Crippen molar-refractivity contribution in [1.82, 2.24) is 4.90 Å². The number of hydrogen-bond acceptors (Lipinski definition) is 3. The Labute approximate surface area is 421 Å². The fourth-order valence-electron chi connectivity index (χ4n) is 11.7. The van der Waals surface area contributed by atoms with Crippen LogP contribution in [0.4, 0.5) is 11.4 Å². The number of carbonyl (C=O) groups excluding carboxylic acids is 2. The summed E-state index contributed by atoms with van der Waals surface area (Å²) in [5, 5.41) is 0. The number of hydrogen-bond donors (Lipinski definition) is 0. The van der Waals surface area contributed by atoms with E-state index in [0.29, 0.717) is 17.7 Å². The van der Waals surface area contributed by atoms with Crippen molar-refractivity contribution in [3.63, 3.8) is 0 Å². The molecule has 0 N–H and O–H groups in total. The summed E-state index contributed by atoms with van der Waals surface area (Å²) in [5.41, 5.74) is 9.59. The normalized spacial score (nSPS) is 16.4. The smallest absolute Gasteiger partial charge is 0.261 e. The Morgan fingerprint density at radius 2 is 0.855 bits per heavy atom. The summed E-state index contributed by atoms with van der Waals surface area (Å²) < 4.78 is 2.64. The summed E-state index contributed by atoms with van der Waals surface area (Å²) in [4.78, 5) is 29.2. The van der Waals surface area contributed by atoms with E-state index in [0.717, 1.165) is 25.9 Å². The number of anilines is 1. The monoisotopic (exact) mass is 937 g/mol. The number of para-hydroxylation sites is 2. The Hall–Kier alpha value is -4.25. The van der Waals surface area contributed by atoms with Gasteiger partial charge in [0, 0.05) is 54.0 Å². The lowest BCUT2D eigenvalue weighted by Gasteiger charge is -2.27. The fraction of sp³-hybridized carbons (Fsp3) is 0.609. The van der Waals surface area contributed by atoms with Gasteiger partial charge in [-0.25, -0.2) is 0 Å². The summed E-state index contributed by atoms with van der Waals surface area (Å²) in [6, 6.07) is 25.5. The van der Waals surface area contributed by atoms with Gasteiger partial charge in [-0.05, 0) is 62.9 Å². The quantitative estimate of drug-likeness (QED) is 0.0335. The Balaban J connectivity index is 0.874. The standard InChI is InChI=1S/C64H94N3O2/c1-6-7-8-9-10-11-12-13-17-20-23-26-29-38-50-65-57-46-36-34-44-55(57)63(2,3)59(65)48-41-49-60-64(4,5)56-45-35-37-47-58(56)66(60)51-39-30-27-24-21-18-15-14-16-19-22-25-28-31-40-52-67-61(68)53-42-32-33-43-54(53)62(67)69/h32-37,41-49H,6-31,38-40,50-52H2,1-5H3/q+1. The highest BCUT2D eigenvalue weighted by Crippen LogP contribution is 2.48. The second-order valence-corrected chi connectivity index (χ2v) is 22.1. The summed E-state index contributed by atoms with van der Waals surface area (Å²) in [6.07, 6.45) is 45.8. The van der Waals surface area contributed by atoms with Crippen LogP contribution in [0.2, 0.25) is 0 Å². The van der Waals surface area contributed by atoms with Gasteiger partial charge in [0.2, 0.25) is 5.69 Å². The molecule has 0 atom stereocenters. The predicted octanol–water partition coefficient (Wildman–Crippen LogP) is 17.9. The van der Waals surface area contributed by atoms with Crippen LogP contribution in [-0.4, -0.2) is 46.6 Å². The van der Waals surface area contributed by atoms with E-state index in [1.165, 1.54) is 212 Å². The molecule has 376 valence electrons. The van der Waals surface area contributed by atoms with Crippen molar-refractivity contribution in [3.8, 4) is 0 Å². The molecule has 0 aromatic heterocycles. The zero-order valence-electron chi connectivity index (χ0n) is 44.4. The van der Waals surface area contributed by atoms with Crippen LogP contribution in [0, 0.1) is 0 Å². The Morgan fingerprint density at radius 1 is 0.449 bits per heavy atom. The molecule has 3 aliphatic heterocycles. The molecule has 0 aliphatic carbocycles. The maximum absolute atomic E-state index is 12.6. The van der Waals surface area contributed by atoms with Gasteiger partial charge in [-0.1, -0.05) is 236 Å². The molecule has 3 aromatic rings. The third-order valence-electron chi connectivity index (χ3n) is 16.0. The van der Waals surface area contributed by atoms with E-state index in [9.17, 15) is 9.59 Å². The second-order valence-electron chi connectivity index (χ2n) is 22.1. The molecular weight excluding hydrogens is 843 g/mol. The van der Waals surface area contributed by atoms with Crippen LogP contribution in [-0.2, 0) is 10.8 Å². The van der Waals surface area contributed by atoms with Gasteiger partial charge in [0.25, 0.3) is 11.8 Å². The first kappa shape index (κ1) is 54.1. The van der Waals surface area contributed by atoms with E-state index >= 15 is 0 Å². The molecule has 69 heavy (non-hydrogen) atoms. The highest BCUT2D eigenvalue weighted by Gasteiger charge is 2.44. The van der Waals surface area contributed by atoms with Crippen LogP contribution < -0.4 is 4.90 Å².